The van der Waals surface area contributed by atoms with Gasteiger partial charge in [0, 0.05) is 0 Å². The van der Waals surface area contributed by atoms with E-state index in [1.807, 2.05) is 24.3 Å². The van der Waals surface area contributed by atoms with Crippen molar-refractivity contribution in [3.8, 4) is 30.4 Å². The van der Waals surface area contributed by atoms with Gasteiger partial charge in [-0.3, -0.25) is 0 Å². The minimum absolute atomic E-state index is 0.285. The number of terminal acetylenes is 2. The molecule has 0 unspecified atom stereocenters. The molecule has 0 fully saturated rings. The molecule has 0 saturated heterocycles. The molecule has 0 amide bonds. The van der Waals surface area contributed by atoms with Crippen LogP contribution in [0.1, 0.15) is 5.56 Å². The summed E-state index contributed by atoms with van der Waals surface area (Å²) in [4.78, 5) is 0. The minimum Gasteiger partial charge on any atom is -0.481 e. The zero-order chi connectivity index (χ0) is 10.9. The number of hydrogen-bond donors (Lipinski definition) is 0. The highest BCUT2D eigenvalue weighted by Crippen LogP contribution is 2.12. The normalized spacial score (nSPS) is 8.93. The van der Waals surface area contributed by atoms with E-state index in [2.05, 4.69) is 11.8 Å². The quantitative estimate of drug-likeness (QED) is 0.533. The molecule has 0 aromatic heterocycles. The summed E-state index contributed by atoms with van der Waals surface area (Å²) in [5.74, 6) is 5.57. The van der Waals surface area contributed by atoms with Crippen LogP contribution in [0.15, 0.2) is 24.3 Å². The molecule has 15 heavy (non-hydrogen) atoms. The Bertz CT molecular complexity index is 365. The Labute approximate surface area is 90.2 Å². The van der Waals surface area contributed by atoms with Crippen LogP contribution in [0.2, 0.25) is 0 Å². The van der Waals surface area contributed by atoms with Crippen molar-refractivity contribution in [3.05, 3.63) is 29.8 Å². The summed E-state index contributed by atoms with van der Waals surface area (Å²) in [7, 11) is 0. The first-order chi connectivity index (χ1) is 7.36. The smallest absolute Gasteiger partial charge is 0.148 e. The third kappa shape index (κ3) is 4.22. The van der Waals surface area contributed by atoms with Crippen molar-refractivity contribution in [3.63, 3.8) is 0 Å². The summed E-state index contributed by atoms with van der Waals surface area (Å²) < 4.78 is 10.4. The third-order valence-corrected chi connectivity index (χ3v) is 1.70. The topological polar surface area (TPSA) is 18.5 Å². The second-order valence-electron chi connectivity index (χ2n) is 2.83. The van der Waals surface area contributed by atoms with E-state index in [1.165, 1.54) is 0 Å². The largest absolute Gasteiger partial charge is 0.481 e. The van der Waals surface area contributed by atoms with E-state index in [9.17, 15) is 0 Å². The molecule has 0 atom stereocenters. The fourth-order valence-electron chi connectivity index (χ4n) is 1.03. The molecule has 0 spiro atoms. The Kier molecular flexibility index (Phi) is 4.87. The van der Waals surface area contributed by atoms with Gasteiger partial charge in [-0.05, 0) is 17.7 Å². The Morgan fingerprint density at radius 1 is 1.00 bits per heavy atom. The van der Waals surface area contributed by atoms with Gasteiger partial charge in [0.1, 0.15) is 19.0 Å². The van der Waals surface area contributed by atoms with Gasteiger partial charge in [-0.25, -0.2) is 0 Å². The molecule has 2 heteroatoms. The number of rotatable bonds is 5. The van der Waals surface area contributed by atoms with Gasteiger partial charge in [-0.2, -0.15) is 0 Å². The average Bonchev–Trinajstić information content (AvgIpc) is 2.28. The summed E-state index contributed by atoms with van der Waals surface area (Å²) in [6, 6.07) is 7.54. The summed E-state index contributed by atoms with van der Waals surface area (Å²) in [5.41, 5.74) is 1.05. The maximum atomic E-state index is 5.23. The molecule has 1 aromatic carbocycles. The number of ether oxygens (including phenoxy) is 2. The van der Waals surface area contributed by atoms with E-state index in [0.717, 1.165) is 11.3 Å². The molecule has 0 aliphatic heterocycles. The lowest BCUT2D eigenvalue weighted by molar-refractivity contribution is 0.153. The molecule has 1 rings (SSSR count). The number of hydrogen-bond acceptors (Lipinski definition) is 2. The van der Waals surface area contributed by atoms with E-state index in [-0.39, 0.29) is 6.61 Å². The molecule has 76 valence electrons. The Hall–Kier alpha value is -1.90. The summed E-state index contributed by atoms with van der Waals surface area (Å²) in [6.07, 6.45) is 10.1. The monoisotopic (exact) mass is 200 g/mol. The van der Waals surface area contributed by atoms with Crippen LogP contribution in [0.25, 0.3) is 0 Å². The molecule has 1 aromatic rings. The Morgan fingerprint density at radius 3 is 2.27 bits per heavy atom. The van der Waals surface area contributed by atoms with Crippen LogP contribution in [0.4, 0.5) is 0 Å². The van der Waals surface area contributed by atoms with Crippen molar-refractivity contribution in [2.45, 2.75) is 6.61 Å². The first kappa shape index (κ1) is 11.2. The summed E-state index contributed by atoms with van der Waals surface area (Å²) in [5, 5.41) is 0. The van der Waals surface area contributed by atoms with Gasteiger partial charge in [-0.15, -0.1) is 12.8 Å². The van der Waals surface area contributed by atoms with E-state index in [4.69, 9.17) is 22.3 Å². The molecule has 0 N–H and O–H groups in total. The first-order valence-corrected chi connectivity index (χ1v) is 4.53. The number of benzene rings is 1. The van der Waals surface area contributed by atoms with Crippen molar-refractivity contribution in [1.82, 2.24) is 0 Å². The van der Waals surface area contributed by atoms with E-state index in [1.54, 1.807) is 0 Å². The van der Waals surface area contributed by atoms with Gasteiger partial charge < -0.3 is 9.47 Å². The highest BCUT2D eigenvalue weighted by molar-refractivity contribution is 5.27. The lowest BCUT2D eigenvalue weighted by Crippen LogP contribution is -1.95. The second kappa shape index (κ2) is 6.54. The van der Waals surface area contributed by atoms with Crippen LogP contribution in [0.3, 0.4) is 0 Å². The van der Waals surface area contributed by atoms with Crippen LogP contribution in [0.5, 0.6) is 5.75 Å². The first-order valence-electron chi connectivity index (χ1n) is 4.53. The van der Waals surface area contributed by atoms with Crippen molar-refractivity contribution >= 4 is 0 Å². The van der Waals surface area contributed by atoms with Crippen LogP contribution < -0.4 is 4.74 Å². The molecule has 0 aliphatic carbocycles. The molecular formula is C13H12O2. The zero-order valence-corrected chi connectivity index (χ0v) is 8.40. The van der Waals surface area contributed by atoms with Gasteiger partial charge in [0.25, 0.3) is 0 Å². The van der Waals surface area contributed by atoms with Crippen LogP contribution in [-0.2, 0) is 11.3 Å². The fourth-order valence-corrected chi connectivity index (χ4v) is 1.03. The average molecular weight is 200 g/mol. The van der Waals surface area contributed by atoms with Crippen LogP contribution in [0, 0.1) is 24.7 Å². The highest BCUT2D eigenvalue weighted by atomic mass is 16.5. The van der Waals surface area contributed by atoms with E-state index < -0.39 is 0 Å². The molecule has 0 heterocycles. The standard InChI is InChI=1S/C13H12O2/c1-3-9-14-11-12-5-7-13(8-6-12)15-10-4-2/h1-2,5-8H,9-11H2. The van der Waals surface area contributed by atoms with Gasteiger partial charge in [-0.1, -0.05) is 24.0 Å². The molecule has 0 aliphatic rings. The maximum absolute atomic E-state index is 5.23. The van der Waals surface area contributed by atoms with E-state index in [0.29, 0.717) is 13.2 Å². The van der Waals surface area contributed by atoms with Gasteiger partial charge in [0.2, 0.25) is 0 Å². The predicted octanol–water partition coefficient (Wildman–Crippen LogP) is 1.85. The predicted molar refractivity (Wildman–Crippen MR) is 59.3 cm³/mol. The molecule has 0 saturated carbocycles. The van der Waals surface area contributed by atoms with Crippen molar-refractivity contribution in [2.75, 3.05) is 13.2 Å². The summed E-state index contributed by atoms with van der Waals surface area (Å²) >= 11 is 0. The van der Waals surface area contributed by atoms with Crippen molar-refractivity contribution in [1.29, 1.82) is 0 Å². The zero-order valence-electron chi connectivity index (χ0n) is 8.40. The van der Waals surface area contributed by atoms with Crippen molar-refractivity contribution < 1.29 is 9.47 Å². The van der Waals surface area contributed by atoms with Gasteiger partial charge in [0.15, 0.2) is 0 Å². The van der Waals surface area contributed by atoms with Crippen LogP contribution in [-0.4, -0.2) is 13.2 Å². The Morgan fingerprint density at radius 2 is 1.67 bits per heavy atom. The lowest BCUT2D eigenvalue weighted by Gasteiger charge is -2.04. The fraction of sp³-hybridized carbons (Fsp3) is 0.231. The van der Waals surface area contributed by atoms with E-state index >= 15 is 0 Å². The third-order valence-electron chi connectivity index (χ3n) is 1.70. The SMILES string of the molecule is C#CCOCc1ccc(OCC#C)cc1. The lowest BCUT2D eigenvalue weighted by atomic mass is 10.2. The molecule has 0 radical (unpaired) electrons. The molecular weight excluding hydrogens is 188 g/mol. The van der Waals surface area contributed by atoms with Gasteiger partial charge >= 0.3 is 0 Å². The molecule has 0 bridgehead atoms. The molecule has 2 nitrogen and oxygen atoms in total. The van der Waals surface area contributed by atoms with Crippen LogP contribution >= 0.6 is 0 Å². The minimum atomic E-state index is 0.285. The van der Waals surface area contributed by atoms with Crippen molar-refractivity contribution in [2.24, 2.45) is 0 Å². The maximum Gasteiger partial charge on any atom is 0.148 e. The second-order valence-corrected chi connectivity index (χ2v) is 2.83. The highest BCUT2D eigenvalue weighted by Gasteiger charge is 1.94. The Balaban J connectivity index is 2.43. The van der Waals surface area contributed by atoms with Gasteiger partial charge in [0.05, 0.1) is 6.61 Å². The summed E-state index contributed by atoms with van der Waals surface area (Å²) in [6.45, 7) is 1.13.